The number of rotatable bonds is 3. The second-order valence-electron chi connectivity index (χ2n) is 6.77. The summed E-state index contributed by atoms with van der Waals surface area (Å²) < 4.78 is 1.91. The third-order valence-electron chi connectivity index (χ3n) is 4.89. The van der Waals surface area contributed by atoms with Gasteiger partial charge >= 0.3 is 0 Å². The summed E-state index contributed by atoms with van der Waals surface area (Å²) in [5.74, 6) is -0.543. The highest BCUT2D eigenvalue weighted by atomic mass is 16.1. The molecular formula is C25H30N4O. The van der Waals surface area contributed by atoms with Gasteiger partial charge in [0.05, 0.1) is 23.6 Å². The summed E-state index contributed by atoms with van der Waals surface area (Å²) in [5, 5.41) is 0. The number of aryl methyl sites for hydroxylation is 1. The molecule has 0 fully saturated rings. The average Bonchev–Trinajstić information content (AvgIpc) is 3.08. The summed E-state index contributed by atoms with van der Waals surface area (Å²) in [7, 11) is 0. The van der Waals surface area contributed by atoms with Gasteiger partial charge in [0.25, 0.3) is 5.91 Å². The molecular weight excluding hydrogens is 372 g/mol. The molecule has 5 nitrogen and oxygen atoms in total. The molecule has 156 valence electrons. The molecule has 0 saturated carbocycles. The zero-order valence-corrected chi connectivity index (χ0v) is 17.4. The number of aliphatic imine (C=N–C) groups is 1. The molecule has 0 saturated heterocycles. The Balaban J connectivity index is 0.00000104. The monoisotopic (exact) mass is 402 g/mol. The summed E-state index contributed by atoms with van der Waals surface area (Å²) in [6.45, 7) is 12.5. The van der Waals surface area contributed by atoms with E-state index < -0.39 is 5.91 Å². The van der Waals surface area contributed by atoms with Gasteiger partial charge in [-0.05, 0) is 37.1 Å². The quantitative estimate of drug-likeness (QED) is 0.643. The van der Waals surface area contributed by atoms with E-state index >= 15 is 0 Å². The van der Waals surface area contributed by atoms with Crippen molar-refractivity contribution in [1.29, 1.82) is 0 Å². The summed E-state index contributed by atoms with van der Waals surface area (Å²) in [4.78, 5) is 20.9. The largest absolute Gasteiger partial charge is 0.364 e. The van der Waals surface area contributed by atoms with Crippen molar-refractivity contribution in [3.8, 4) is 5.69 Å². The minimum Gasteiger partial charge on any atom is -0.364 e. The topological polar surface area (TPSA) is 73.3 Å². The molecule has 0 unspecified atom stereocenters. The Morgan fingerprint density at radius 1 is 1.13 bits per heavy atom. The molecule has 1 aliphatic heterocycles. The molecule has 4 rings (SSSR count). The van der Waals surface area contributed by atoms with Gasteiger partial charge in [0.2, 0.25) is 0 Å². The lowest BCUT2D eigenvalue weighted by molar-refractivity contribution is 0.0995. The molecule has 2 heterocycles. The lowest BCUT2D eigenvalue weighted by Gasteiger charge is -2.15. The zero-order valence-electron chi connectivity index (χ0n) is 17.4. The van der Waals surface area contributed by atoms with Crippen molar-refractivity contribution in [3.63, 3.8) is 0 Å². The molecule has 1 amide bonds. The molecule has 3 aromatic rings. The molecule has 30 heavy (non-hydrogen) atoms. The number of hydrogen-bond acceptors (Lipinski definition) is 3. The molecule has 1 aromatic heterocycles. The number of benzene rings is 2. The van der Waals surface area contributed by atoms with E-state index in [2.05, 4.69) is 36.7 Å². The van der Waals surface area contributed by atoms with E-state index in [0.717, 1.165) is 39.2 Å². The van der Waals surface area contributed by atoms with Crippen LogP contribution in [0.3, 0.4) is 0 Å². The summed E-state index contributed by atoms with van der Waals surface area (Å²) >= 11 is 0. The van der Waals surface area contributed by atoms with E-state index in [0.29, 0.717) is 12.2 Å². The Morgan fingerprint density at radius 2 is 1.83 bits per heavy atom. The van der Waals surface area contributed by atoms with Gasteiger partial charge in [-0.3, -0.25) is 14.4 Å². The lowest BCUT2D eigenvalue weighted by Crippen LogP contribution is -2.14. The van der Waals surface area contributed by atoms with Crippen molar-refractivity contribution in [2.45, 2.75) is 41.7 Å². The number of nitrogens with two attached hydrogens (primary N) is 1. The molecule has 2 N–H and O–H groups in total. The van der Waals surface area contributed by atoms with Crippen molar-refractivity contribution >= 4 is 17.2 Å². The molecule has 1 aliphatic rings. The molecule has 0 aliphatic carbocycles. The van der Waals surface area contributed by atoms with Gasteiger partial charge in [-0.1, -0.05) is 63.8 Å². The highest BCUT2D eigenvalue weighted by Gasteiger charge is 2.24. The van der Waals surface area contributed by atoms with Crippen LogP contribution in [0.4, 0.5) is 0 Å². The first kappa shape index (κ1) is 22.8. The van der Waals surface area contributed by atoms with Crippen LogP contribution in [0.25, 0.3) is 11.3 Å². The normalized spacial score (nSPS) is 11.5. The standard InChI is InChI=1S/C22H20N4O.C2H6.CH4/c1-13(2)15-8-9-18-17(10-15)20(16-7-5-4-6-14(16)3)24-11-19-21(22(23)27)25-12-26(18)19;1-2;/h4-10,12H,1,11H2,2-3H3,(H2,23,27);1-2H3;1H4. The van der Waals surface area contributed by atoms with E-state index in [9.17, 15) is 4.79 Å². The van der Waals surface area contributed by atoms with Crippen molar-refractivity contribution < 1.29 is 4.79 Å². The fourth-order valence-corrected chi connectivity index (χ4v) is 3.45. The van der Waals surface area contributed by atoms with E-state index in [1.807, 2.05) is 49.6 Å². The first-order valence-corrected chi connectivity index (χ1v) is 9.74. The fraction of sp³-hybridized carbons (Fsp3) is 0.240. The number of imidazole rings is 1. The van der Waals surface area contributed by atoms with Crippen molar-refractivity contribution in [1.82, 2.24) is 9.55 Å². The molecule has 5 heteroatoms. The van der Waals surface area contributed by atoms with Crippen LogP contribution in [0, 0.1) is 6.92 Å². The third kappa shape index (κ3) is 3.96. The predicted molar refractivity (Wildman–Crippen MR) is 125 cm³/mol. The summed E-state index contributed by atoms with van der Waals surface area (Å²) in [6.07, 6.45) is 1.64. The van der Waals surface area contributed by atoms with Gasteiger partial charge in [-0.15, -0.1) is 0 Å². The number of primary amides is 1. The van der Waals surface area contributed by atoms with E-state index in [1.165, 1.54) is 0 Å². The molecule has 0 spiro atoms. The van der Waals surface area contributed by atoms with E-state index in [4.69, 9.17) is 10.7 Å². The zero-order chi connectivity index (χ0) is 21.1. The Hall–Kier alpha value is -3.47. The van der Waals surface area contributed by atoms with Gasteiger partial charge in [-0.25, -0.2) is 4.98 Å². The van der Waals surface area contributed by atoms with E-state index in [-0.39, 0.29) is 13.1 Å². The van der Waals surface area contributed by atoms with Crippen LogP contribution in [0.1, 0.15) is 66.6 Å². The predicted octanol–water partition coefficient (Wildman–Crippen LogP) is 5.33. The van der Waals surface area contributed by atoms with Crippen LogP contribution in [-0.2, 0) is 6.54 Å². The second kappa shape index (κ2) is 9.35. The number of hydrogen-bond donors (Lipinski definition) is 1. The third-order valence-corrected chi connectivity index (χ3v) is 4.89. The van der Waals surface area contributed by atoms with Gasteiger partial charge in [0.1, 0.15) is 6.33 Å². The Morgan fingerprint density at radius 3 is 2.47 bits per heavy atom. The summed E-state index contributed by atoms with van der Waals surface area (Å²) in [5.41, 5.74) is 13.5. The minimum absolute atomic E-state index is 0. The highest BCUT2D eigenvalue weighted by molar-refractivity contribution is 6.16. The van der Waals surface area contributed by atoms with Gasteiger partial charge < -0.3 is 5.73 Å². The molecule has 2 aromatic carbocycles. The average molecular weight is 403 g/mol. The number of fused-ring (bicyclic) bond motifs is 3. The van der Waals surface area contributed by atoms with Gasteiger partial charge in [0, 0.05) is 11.1 Å². The number of amides is 1. The number of nitrogens with zero attached hydrogens (tertiary/aromatic N) is 3. The van der Waals surface area contributed by atoms with Gasteiger partial charge in [-0.2, -0.15) is 0 Å². The first-order chi connectivity index (χ1) is 14.0. The first-order valence-electron chi connectivity index (χ1n) is 9.74. The Labute approximate surface area is 179 Å². The Kier molecular flexibility index (Phi) is 7.11. The van der Waals surface area contributed by atoms with Crippen molar-refractivity contribution in [2.75, 3.05) is 0 Å². The molecule has 0 bridgehead atoms. The van der Waals surface area contributed by atoms with Crippen LogP contribution >= 0.6 is 0 Å². The van der Waals surface area contributed by atoms with Crippen molar-refractivity contribution in [3.05, 3.63) is 89.0 Å². The van der Waals surface area contributed by atoms with E-state index in [1.54, 1.807) is 6.33 Å². The van der Waals surface area contributed by atoms with Crippen LogP contribution < -0.4 is 5.73 Å². The molecule has 0 radical (unpaired) electrons. The molecule has 0 atom stereocenters. The van der Waals surface area contributed by atoms with Crippen molar-refractivity contribution in [2.24, 2.45) is 10.7 Å². The number of carbonyl (C=O) groups excluding carboxylic acids is 1. The Bertz CT molecular complexity index is 1120. The van der Waals surface area contributed by atoms with Crippen LogP contribution in [0.15, 0.2) is 60.4 Å². The van der Waals surface area contributed by atoms with Crippen LogP contribution in [-0.4, -0.2) is 21.2 Å². The number of aromatic nitrogens is 2. The lowest BCUT2D eigenvalue weighted by atomic mass is 9.94. The SMILES string of the molecule is C.C=C(C)c1ccc2c(c1)C(c1ccccc1C)=NCc1c(C(N)=O)ncn1-2.CC. The number of allylic oxidation sites excluding steroid dienone is 1. The maximum atomic E-state index is 11.8. The summed E-state index contributed by atoms with van der Waals surface area (Å²) in [6, 6.07) is 14.3. The smallest absolute Gasteiger partial charge is 0.269 e. The number of carbonyl (C=O) groups is 1. The highest BCUT2D eigenvalue weighted by Crippen LogP contribution is 2.29. The fourth-order valence-electron chi connectivity index (χ4n) is 3.45. The van der Waals surface area contributed by atoms with Crippen LogP contribution in [0.5, 0.6) is 0 Å². The second-order valence-corrected chi connectivity index (χ2v) is 6.77. The van der Waals surface area contributed by atoms with Gasteiger partial charge in [0.15, 0.2) is 5.69 Å². The maximum Gasteiger partial charge on any atom is 0.269 e. The maximum absolute atomic E-state index is 11.8. The minimum atomic E-state index is -0.543. The van der Waals surface area contributed by atoms with Crippen LogP contribution in [0.2, 0.25) is 0 Å².